The summed E-state index contributed by atoms with van der Waals surface area (Å²) in [6.45, 7) is 18.8. The maximum Gasteiger partial charge on any atom is 0.191 e. The Morgan fingerprint density at radius 3 is 2.36 bits per heavy atom. The van der Waals surface area contributed by atoms with Crippen molar-refractivity contribution in [3.8, 4) is 0 Å². The lowest BCUT2D eigenvalue weighted by Gasteiger charge is -2.44. The molecule has 1 saturated heterocycles. The summed E-state index contributed by atoms with van der Waals surface area (Å²) in [4.78, 5) is 0. The molecule has 5 heteroatoms. The minimum Gasteiger partial charge on any atom is -0.416 e. The van der Waals surface area contributed by atoms with Crippen molar-refractivity contribution in [3.05, 3.63) is 0 Å². The number of ether oxygens (including phenoxy) is 2. The first-order valence-corrected chi connectivity index (χ1v) is 12.9. The fourth-order valence-corrected chi connectivity index (χ4v) is 4.11. The molecule has 0 unspecified atom stereocenters. The first-order chi connectivity index (χ1) is 11.4. The van der Waals surface area contributed by atoms with Crippen LogP contribution in [0.15, 0.2) is 0 Å². The second-order valence-electron chi connectivity index (χ2n) is 9.65. The van der Waals surface area contributed by atoms with Crippen LogP contribution in [-0.4, -0.2) is 44.6 Å². The second kappa shape index (κ2) is 9.31. The van der Waals surface area contributed by atoms with E-state index < -0.39 is 14.1 Å². The number of rotatable bonds is 9. The highest BCUT2D eigenvalue weighted by molar-refractivity contribution is 6.74. The van der Waals surface area contributed by atoms with Crippen molar-refractivity contribution in [1.29, 1.82) is 0 Å². The monoisotopic (exact) mass is 374 g/mol. The van der Waals surface area contributed by atoms with E-state index >= 15 is 0 Å². The van der Waals surface area contributed by atoms with E-state index in [-0.39, 0.29) is 23.9 Å². The molecule has 1 fully saturated rings. The van der Waals surface area contributed by atoms with Crippen LogP contribution in [0.3, 0.4) is 0 Å². The smallest absolute Gasteiger partial charge is 0.191 e. The van der Waals surface area contributed by atoms with Gasteiger partial charge in [-0.2, -0.15) is 0 Å². The summed E-state index contributed by atoms with van der Waals surface area (Å²) >= 11 is 0. The number of aliphatic hydroxyl groups is 1. The van der Waals surface area contributed by atoms with Crippen molar-refractivity contribution in [2.24, 2.45) is 5.92 Å². The van der Waals surface area contributed by atoms with Crippen molar-refractivity contribution < 1.29 is 19.0 Å². The quantitative estimate of drug-likeness (QED) is 0.450. The first kappa shape index (κ1) is 23.1. The maximum atomic E-state index is 8.92. The van der Waals surface area contributed by atoms with Crippen molar-refractivity contribution in [2.75, 3.05) is 13.2 Å². The van der Waals surface area contributed by atoms with Crippen molar-refractivity contribution >= 4 is 8.32 Å². The summed E-state index contributed by atoms with van der Waals surface area (Å²) in [6, 6.07) is 0. The van der Waals surface area contributed by atoms with Crippen LogP contribution in [0, 0.1) is 5.92 Å². The minimum absolute atomic E-state index is 0.177. The van der Waals surface area contributed by atoms with E-state index in [1.165, 1.54) is 0 Å². The Kier molecular flexibility index (Phi) is 8.60. The molecular weight excluding hydrogens is 332 g/mol. The Labute approximate surface area is 156 Å². The van der Waals surface area contributed by atoms with E-state index in [1.807, 2.05) is 13.8 Å². The SMILES string of the molecule is C[C@H](CO[Si](C)(C)C(C)(C)C)[C@@H]1C[C@@H](CCCCCO)OC(C)(C)O1. The number of unbranched alkanes of at least 4 members (excludes halogenated alkanes) is 2. The number of aliphatic hydroxyl groups excluding tert-OH is 1. The molecular formula is C20H42O4Si. The third-order valence-electron chi connectivity index (χ3n) is 5.71. The zero-order valence-electron chi connectivity index (χ0n) is 17.9. The maximum absolute atomic E-state index is 8.92. The van der Waals surface area contributed by atoms with Gasteiger partial charge in [-0.3, -0.25) is 0 Å². The molecule has 150 valence electrons. The highest BCUT2D eigenvalue weighted by Crippen LogP contribution is 2.38. The Morgan fingerprint density at radius 2 is 1.80 bits per heavy atom. The molecule has 0 aliphatic carbocycles. The van der Waals surface area contributed by atoms with Gasteiger partial charge in [0.15, 0.2) is 14.1 Å². The van der Waals surface area contributed by atoms with E-state index in [0.717, 1.165) is 38.7 Å². The van der Waals surface area contributed by atoms with Crippen LogP contribution in [0.5, 0.6) is 0 Å². The van der Waals surface area contributed by atoms with Gasteiger partial charge in [0.05, 0.1) is 12.2 Å². The van der Waals surface area contributed by atoms with E-state index in [2.05, 4.69) is 40.8 Å². The summed E-state index contributed by atoms with van der Waals surface area (Å²) in [5, 5.41) is 9.16. The van der Waals surface area contributed by atoms with Gasteiger partial charge < -0.3 is 19.0 Å². The molecule has 0 radical (unpaired) electrons. The van der Waals surface area contributed by atoms with E-state index in [1.54, 1.807) is 0 Å². The highest BCUT2D eigenvalue weighted by Gasteiger charge is 2.40. The fraction of sp³-hybridized carbons (Fsp3) is 1.00. The molecule has 1 heterocycles. The zero-order valence-corrected chi connectivity index (χ0v) is 18.9. The molecule has 1 aliphatic heterocycles. The molecule has 3 atom stereocenters. The standard InChI is InChI=1S/C20H42O4Si/c1-16(15-22-25(7,8)19(2,3)4)18-14-17(12-10-9-11-13-21)23-20(5,6)24-18/h16-18,21H,9-15H2,1-8H3/t16-,17-,18+/m1/s1. The highest BCUT2D eigenvalue weighted by atomic mass is 28.4. The van der Waals surface area contributed by atoms with Gasteiger partial charge in [0.2, 0.25) is 0 Å². The average molecular weight is 375 g/mol. The van der Waals surface area contributed by atoms with Crippen LogP contribution in [0.2, 0.25) is 18.1 Å². The first-order valence-electron chi connectivity index (χ1n) is 9.98. The van der Waals surface area contributed by atoms with Crippen LogP contribution >= 0.6 is 0 Å². The third kappa shape index (κ3) is 7.67. The Balaban J connectivity index is 2.57. The fourth-order valence-electron chi connectivity index (χ4n) is 3.00. The van der Waals surface area contributed by atoms with E-state index in [9.17, 15) is 0 Å². The molecule has 1 rings (SSSR count). The zero-order chi connectivity index (χ0) is 19.3. The summed E-state index contributed by atoms with van der Waals surface area (Å²) in [7, 11) is -1.72. The van der Waals surface area contributed by atoms with Gasteiger partial charge in [-0.15, -0.1) is 0 Å². The average Bonchev–Trinajstić information content (AvgIpc) is 2.46. The summed E-state index contributed by atoms with van der Waals surface area (Å²) in [5.41, 5.74) is 0. The lowest BCUT2D eigenvalue weighted by atomic mass is 9.95. The number of hydrogen-bond acceptors (Lipinski definition) is 4. The van der Waals surface area contributed by atoms with Crippen molar-refractivity contribution in [3.63, 3.8) is 0 Å². The molecule has 25 heavy (non-hydrogen) atoms. The molecule has 1 aliphatic rings. The van der Waals surface area contributed by atoms with Gasteiger partial charge in [0.1, 0.15) is 0 Å². The molecule has 0 aromatic heterocycles. The summed E-state index contributed by atoms with van der Waals surface area (Å²) < 4.78 is 18.8. The molecule has 0 saturated carbocycles. The van der Waals surface area contributed by atoms with Crippen LogP contribution < -0.4 is 0 Å². The van der Waals surface area contributed by atoms with Crippen LogP contribution in [0.1, 0.15) is 73.6 Å². The predicted molar refractivity (Wildman–Crippen MR) is 106 cm³/mol. The molecule has 4 nitrogen and oxygen atoms in total. The van der Waals surface area contributed by atoms with Crippen molar-refractivity contribution in [1.82, 2.24) is 0 Å². The van der Waals surface area contributed by atoms with E-state index in [4.69, 9.17) is 19.0 Å². The molecule has 0 aromatic carbocycles. The molecule has 0 spiro atoms. The molecule has 1 N–H and O–H groups in total. The molecule has 0 amide bonds. The van der Waals surface area contributed by atoms with Crippen LogP contribution in [0.4, 0.5) is 0 Å². The lowest BCUT2D eigenvalue weighted by molar-refractivity contribution is -0.309. The van der Waals surface area contributed by atoms with Gasteiger partial charge in [0, 0.05) is 25.6 Å². The second-order valence-corrected chi connectivity index (χ2v) is 14.5. The predicted octanol–water partition coefficient (Wildman–Crippen LogP) is 5.11. The van der Waals surface area contributed by atoms with Gasteiger partial charge in [-0.05, 0) is 44.8 Å². The third-order valence-corrected chi connectivity index (χ3v) is 10.2. The minimum atomic E-state index is -1.72. The van der Waals surface area contributed by atoms with Gasteiger partial charge in [0.25, 0.3) is 0 Å². The Bertz CT molecular complexity index is 390. The molecule has 0 aromatic rings. The van der Waals surface area contributed by atoms with Crippen LogP contribution in [0.25, 0.3) is 0 Å². The Hall–Kier alpha value is 0.0569. The molecule has 0 bridgehead atoms. The van der Waals surface area contributed by atoms with Crippen LogP contribution in [-0.2, 0) is 13.9 Å². The topological polar surface area (TPSA) is 47.9 Å². The Morgan fingerprint density at radius 1 is 1.16 bits per heavy atom. The summed E-state index contributed by atoms with van der Waals surface area (Å²) in [6.07, 6.45) is 5.44. The normalized spacial score (nSPS) is 25.8. The largest absolute Gasteiger partial charge is 0.416 e. The lowest BCUT2D eigenvalue weighted by Crippen LogP contribution is -2.49. The van der Waals surface area contributed by atoms with E-state index in [0.29, 0.717) is 5.92 Å². The van der Waals surface area contributed by atoms with Crippen molar-refractivity contribution in [2.45, 2.75) is 110 Å². The van der Waals surface area contributed by atoms with Gasteiger partial charge in [-0.25, -0.2) is 0 Å². The number of hydrogen-bond donors (Lipinski definition) is 1. The van der Waals surface area contributed by atoms with Gasteiger partial charge >= 0.3 is 0 Å². The van der Waals surface area contributed by atoms with Gasteiger partial charge in [-0.1, -0.05) is 40.5 Å². The summed E-state index contributed by atoms with van der Waals surface area (Å²) in [5.74, 6) is -0.173.